The zero-order chi connectivity index (χ0) is 14.1. The SMILES string of the molecule is COC(=O)C1=C[C@@]2(Br)C[C@@H]3CO[C@](OC)(C2=O)[C@]13C. The van der Waals surface area contributed by atoms with Crippen LogP contribution in [0.25, 0.3) is 0 Å². The number of esters is 1. The smallest absolute Gasteiger partial charge is 0.334 e. The summed E-state index contributed by atoms with van der Waals surface area (Å²) in [6.07, 6.45) is 2.28. The van der Waals surface area contributed by atoms with Crippen molar-refractivity contribution < 1.29 is 23.8 Å². The van der Waals surface area contributed by atoms with Gasteiger partial charge in [-0.3, -0.25) is 4.79 Å². The number of alkyl halides is 1. The van der Waals surface area contributed by atoms with Crippen molar-refractivity contribution in [2.24, 2.45) is 11.3 Å². The van der Waals surface area contributed by atoms with Crippen molar-refractivity contribution in [3.05, 3.63) is 11.6 Å². The van der Waals surface area contributed by atoms with E-state index in [4.69, 9.17) is 14.2 Å². The first-order chi connectivity index (χ1) is 8.85. The van der Waals surface area contributed by atoms with Gasteiger partial charge < -0.3 is 14.2 Å². The van der Waals surface area contributed by atoms with Crippen molar-refractivity contribution in [3.8, 4) is 0 Å². The van der Waals surface area contributed by atoms with Crippen molar-refractivity contribution in [2.45, 2.75) is 23.5 Å². The molecule has 0 aromatic heterocycles. The zero-order valence-electron chi connectivity index (χ0n) is 11.0. The summed E-state index contributed by atoms with van der Waals surface area (Å²) < 4.78 is 15.1. The van der Waals surface area contributed by atoms with Gasteiger partial charge in [0.25, 0.3) is 0 Å². The summed E-state index contributed by atoms with van der Waals surface area (Å²) in [5, 5.41) is 0. The number of ether oxygens (including phenoxy) is 3. The monoisotopic (exact) mass is 330 g/mol. The number of ketones is 1. The summed E-state index contributed by atoms with van der Waals surface area (Å²) in [6, 6.07) is 0. The number of methoxy groups -OCH3 is 2. The Hall–Kier alpha value is -0.720. The molecule has 1 saturated carbocycles. The van der Waals surface area contributed by atoms with Gasteiger partial charge in [0.2, 0.25) is 11.6 Å². The van der Waals surface area contributed by atoms with Crippen LogP contribution in [0.4, 0.5) is 0 Å². The van der Waals surface area contributed by atoms with E-state index in [0.29, 0.717) is 18.6 Å². The van der Waals surface area contributed by atoms with E-state index in [1.165, 1.54) is 14.2 Å². The van der Waals surface area contributed by atoms with Crippen LogP contribution >= 0.6 is 15.9 Å². The summed E-state index contributed by atoms with van der Waals surface area (Å²) in [7, 11) is 2.78. The Labute approximate surface area is 119 Å². The predicted molar refractivity (Wildman–Crippen MR) is 68.7 cm³/mol. The zero-order valence-corrected chi connectivity index (χ0v) is 12.6. The van der Waals surface area contributed by atoms with Crippen LogP contribution in [0.1, 0.15) is 13.3 Å². The molecule has 4 aliphatic rings. The topological polar surface area (TPSA) is 61.8 Å². The molecule has 1 heterocycles. The molecule has 0 amide bonds. The number of rotatable bonds is 2. The second-order valence-corrected chi connectivity index (χ2v) is 6.89. The first kappa shape index (κ1) is 13.3. The maximum Gasteiger partial charge on any atom is 0.334 e. The average molecular weight is 331 g/mol. The molecule has 4 rings (SSSR count). The van der Waals surface area contributed by atoms with Crippen molar-refractivity contribution in [1.82, 2.24) is 0 Å². The van der Waals surface area contributed by atoms with Gasteiger partial charge in [-0.1, -0.05) is 15.9 Å². The highest BCUT2D eigenvalue weighted by Crippen LogP contribution is 2.65. The summed E-state index contributed by atoms with van der Waals surface area (Å²) >= 11 is 3.46. The fourth-order valence-corrected chi connectivity index (χ4v) is 4.62. The second kappa shape index (κ2) is 3.68. The van der Waals surface area contributed by atoms with Gasteiger partial charge in [0.05, 0.1) is 19.1 Å². The number of carbonyl (C=O) groups is 2. The molecule has 4 atom stereocenters. The van der Waals surface area contributed by atoms with Crippen LogP contribution in [0.15, 0.2) is 11.6 Å². The molecular weight excluding hydrogens is 316 g/mol. The van der Waals surface area contributed by atoms with E-state index in [2.05, 4.69) is 15.9 Å². The Balaban J connectivity index is 2.27. The van der Waals surface area contributed by atoms with Crippen LogP contribution in [0.2, 0.25) is 0 Å². The largest absolute Gasteiger partial charge is 0.466 e. The molecule has 0 aromatic rings. The molecule has 0 N–H and O–H groups in total. The third-order valence-corrected chi connectivity index (χ3v) is 5.75. The molecule has 0 unspecified atom stereocenters. The highest BCUT2D eigenvalue weighted by atomic mass is 79.9. The molecule has 19 heavy (non-hydrogen) atoms. The molecule has 0 radical (unpaired) electrons. The van der Waals surface area contributed by atoms with Crippen molar-refractivity contribution >= 4 is 27.7 Å². The summed E-state index contributed by atoms with van der Waals surface area (Å²) in [5.41, 5.74) is -0.330. The lowest BCUT2D eigenvalue weighted by Crippen LogP contribution is -2.68. The Morgan fingerprint density at radius 3 is 2.79 bits per heavy atom. The van der Waals surface area contributed by atoms with Crippen molar-refractivity contribution in [3.63, 3.8) is 0 Å². The first-order valence-electron chi connectivity index (χ1n) is 6.10. The summed E-state index contributed by atoms with van der Waals surface area (Å²) in [4.78, 5) is 24.7. The number of hydrogen-bond acceptors (Lipinski definition) is 5. The first-order valence-corrected chi connectivity index (χ1v) is 6.89. The average Bonchev–Trinajstić information content (AvgIpc) is 2.64. The van der Waals surface area contributed by atoms with Gasteiger partial charge in [0.1, 0.15) is 4.32 Å². The van der Waals surface area contributed by atoms with Crippen LogP contribution in [0, 0.1) is 11.3 Å². The van der Waals surface area contributed by atoms with Crippen LogP contribution in [-0.2, 0) is 23.8 Å². The Kier molecular flexibility index (Phi) is 2.57. The Bertz CT molecular complexity index is 515. The minimum Gasteiger partial charge on any atom is -0.466 e. The standard InChI is InChI=1S/C13H15BrO5/c1-11-7-4-12(14,5-8(11)9(15)17-2)10(16)13(11,18-3)19-6-7/h5,7H,4,6H2,1-3H3/t7-,11+,12+,13-/m1/s1. The number of halogens is 1. The van der Waals surface area contributed by atoms with Crippen LogP contribution in [0.3, 0.4) is 0 Å². The molecule has 1 aliphatic heterocycles. The minimum absolute atomic E-state index is 0.0450. The van der Waals surface area contributed by atoms with E-state index in [1.54, 1.807) is 6.08 Å². The normalized spacial score (nSPS) is 47.3. The van der Waals surface area contributed by atoms with Gasteiger partial charge in [-0.15, -0.1) is 0 Å². The van der Waals surface area contributed by atoms with Gasteiger partial charge in [-0.25, -0.2) is 4.79 Å². The summed E-state index contributed by atoms with van der Waals surface area (Å²) in [6.45, 7) is 2.25. The fourth-order valence-electron chi connectivity index (χ4n) is 3.74. The van der Waals surface area contributed by atoms with Gasteiger partial charge in [0.15, 0.2) is 0 Å². The highest BCUT2D eigenvalue weighted by Gasteiger charge is 2.76. The highest BCUT2D eigenvalue weighted by molar-refractivity contribution is 9.10. The van der Waals surface area contributed by atoms with Gasteiger partial charge in [-0.2, -0.15) is 0 Å². The van der Waals surface area contributed by atoms with E-state index in [1.807, 2.05) is 6.92 Å². The third kappa shape index (κ3) is 1.23. The predicted octanol–water partition coefficient (Wildman–Crippen LogP) is 1.20. The van der Waals surface area contributed by atoms with Gasteiger partial charge in [0, 0.05) is 12.7 Å². The number of Topliss-reactive ketones (excluding diaryl/α,β-unsaturated/α-hetero) is 1. The Morgan fingerprint density at radius 2 is 2.21 bits per heavy atom. The van der Waals surface area contributed by atoms with E-state index in [-0.39, 0.29) is 11.7 Å². The molecular formula is C13H15BrO5. The quantitative estimate of drug-likeness (QED) is 0.562. The lowest BCUT2D eigenvalue weighted by molar-refractivity contribution is -0.234. The van der Waals surface area contributed by atoms with E-state index in [0.717, 1.165) is 0 Å². The maximum absolute atomic E-state index is 12.7. The lowest BCUT2D eigenvalue weighted by Gasteiger charge is -2.54. The molecule has 0 spiro atoms. The number of hydrogen-bond donors (Lipinski definition) is 0. The van der Waals surface area contributed by atoms with Crippen molar-refractivity contribution in [2.75, 3.05) is 20.8 Å². The van der Waals surface area contributed by atoms with Gasteiger partial charge >= 0.3 is 5.97 Å². The molecule has 2 fully saturated rings. The molecule has 104 valence electrons. The van der Waals surface area contributed by atoms with E-state index in [9.17, 15) is 9.59 Å². The fraction of sp³-hybridized carbons (Fsp3) is 0.692. The lowest BCUT2D eigenvalue weighted by atomic mass is 9.53. The number of carbonyl (C=O) groups excluding carboxylic acids is 2. The molecule has 4 bridgehead atoms. The van der Waals surface area contributed by atoms with E-state index < -0.39 is 21.5 Å². The summed E-state index contributed by atoms with van der Waals surface area (Å²) in [5.74, 6) is -1.96. The minimum atomic E-state index is -1.39. The van der Waals surface area contributed by atoms with Crippen LogP contribution in [0.5, 0.6) is 0 Å². The number of allylic oxidation sites excluding steroid dienone is 1. The molecule has 5 nitrogen and oxygen atoms in total. The van der Waals surface area contributed by atoms with E-state index >= 15 is 0 Å². The molecule has 3 aliphatic carbocycles. The van der Waals surface area contributed by atoms with Crippen LogP contribution < -0.4 is 0 Å². The third-order valence-electron chi connectivity index (χ3n) is 4.83. The molecule has 0 aromatic carbocycles. The molecule has 6 heteroatoms. The Morgan fingerprint density at radius 1 is 1.53 bits per heavy atom. The maximum atomic E-state index is 12.7. The van der Waals surface area contributed by atoms with Crippen LogP contribution in [-0.4, -0.2) is 42.7 Å². The van der Waals surface area contributed by atoms with Gasteiger partial charge in [-0.05, 0) is 25.3 Å². The van der Waals surface area contributed by atoms with Crippen molar-refractivity contribution in [1.29, 1.82) is 0 Å². The molecule has 1 saturated heterocycles. The second-order valence-electron chi connectivity index (χ2n) is 5.48.